The SMILES string of the molecule is N#CC1=NC(S(=O)O)=CCC1. The summed E-state index contributed by atoms with van der Waals surface area (Å²) in [5.41, 5.74) is 0.324. The third-order valence-corrected chi connectivity index (χ3v) is 1.87. The first-order valence-electron chi connectivity index (χ1n) is 3.02. The van der Waals surface area contributed by atoms with Crippen LogP contribution in [0.5, 0.6) is 0 Å². The van der Waals surface area contributed by atoms with Gasteiger partial charge in [0.1, 0.15) is 11.8 Å². The van der Waals surface area contributed by atoms with Crippen LogP contribution in [0.1, 0.15) is 12.8 Å². The lowest BCUT2D eigenvalue weighted by atomic mass is 10.2. The maximum absolute atomic E-state index is 10.4. The molecule has 0 aromatic heterocycles. The molecule has 0 spiro atoms. The molecular weight excluding hydrogens is 164 g/mol. The molecule has 0 aromatic carbocycles. The van der Waals surface area contributed by atoms with Crippen LogP contribution in [0.15, 0.2) is 16.1 Å². The van der Waals surface area contributed by atoms with E-state index in [1.54, 1.807) is 6.08 Å². The zero-order valence-corrected chi connectivity index (χ0v) is 6.47. The molecule has 1 rings (SSSR count). The first-order chi connectivity index (χ1) is 5.24. The van der Waals surface area contributed by atoms with Gasteiger partial charge in [0.15, 0.2) is 5.03 Å². The molecule has 1 unspecified atom stereocenters. The quantitative estimate of drug-likeness (QED) is 0.592. The third-order valence-electron chi connectivity index (χ3n) is 1.25. The molecule has 0 bridgehead atoms. The van der Waals surface area contributed by atoms with Gasteiger partial charge in [-0.2, -0.15) is 5.26 Å². The summed E-state index contributed by atoms with van der Waals surface area (Å²) >= 11 is -2.05. The van der Waals surface area contributed by atoms with E-state index >= 15 is 0 Å². The first-order valence-corrected chi connectivity index (χ1v) is 4.13. The van der Waals surface area contributed by atoms with Crippen LogP contribution >= 0.6 is 0 Å². The van der Waals surface area contributed by atoms with Crippen LogP contribution in [-0.4, -0.2) is 14.5 Å². The van der Waals surface area contributed by atoms with Crippen molar-refractivity contribution < 1.29 is 8.76 Å². The average molecular weight is 170 g/mol. The van der Waals surface area contributed by atoms with Gasteiger partial charge in [0, 0.05) is 6.42 Å². The van der Waals surface area contributed by atoms with E-state index in [0.29, 0.717) is 18.6 Å². The summed E-state index contributed by atoms with van der Waals surface area (Å²) in [6, 6.07) is 1.85. The second-order valence-corrected chi connectivity index (χ2v) is 2.92. The van der Waals surface area contributed by atoms with E-state index in [-0.39, 0.29) is 5.03 Å². The average Bonchev–Trinajstić information content (AvgIpc) is 2.05. The predicted octanol–water partition coefficient (Wildman–Crippen LogP) is 0.808. The number of hydrogen-bond donors (Lipinski definition) is 1. The summed E-state index contributed by atoms with van der Waals surface area (Å²) < 4.78 is 19.0. The standard InChI is InChI=1S/C6H6N2O2S/c7-4-5-2-1-3-6(8-5)11(9)10/h3H,1-2H2,(H,9,10). The molecule has 1 N–H and O–H groups in total. The molecule has 0 radical (unpaired) electrons. The maximum Gasteiger partial charge on any atom is 0.205 e. The molecule has 1 heterocycles. The van der Waals surface area contributed by atoms with E-state index in [4.69, 9.17) is 9.81 Å². The van der Waals surface area contributed by atoms with Gasteiger partial charge in [0.2, 0.25) is 11.1 Å². The fraction of sp³-hybridized carbons (Fsp3) is 0.333. The predicted molar refractivity (Wildman–Crippen MR) is 41.1 cm³/mol. The van der Waals surface area contributed by atoms with Crippen LogP contribution in [0.25, 0.3) is 0 Å². The fourth-order valence-corrected chi connectivity index (χ4v) is 1.21. The molecule has 1 aliphatic heterocycles. The summed E-state index contributed by atoms with van der Waals surface area (Å²) in [7, 11) is 0. The number of aliphatic imine (C=N–C) groups is 1. The first kappa shape index (κ1) is 8.11. The van der Waals surface area contributed by atoms with E-state index < -0.39 is 11.1 Å². The van der Waals surface area contributed by atoms with E-state index in [2.05, 4.69) is 4.99 Å². The molecule has 0 saturated heterocycles. The summed E-state index contributed by atoms with van der Waals surface area (Å²) in [5.74, 6) is 0. The highest BCUT2D eigenvalue weighted by molar-refractivity contribution is 7.83. The number of hydrogen-bond acceptors (Lipinski definition) is 3. The van der Waals surface area contributed by atoms with Gasteiger partial charge in [-0.25, -0.2) is 9.20 Å². The number of rotatable bonds is 1. The van der Waals surface area contributed by atoms with Crippen molar-refractivity contribution in [2.75, 3.05) is 0 Å². The minimum Gasteiger partial charge on any atom is -0.301 e. The molecule has 58 valence electrons. The lowest BCUT2D eigenvalue weighted by Gasteiger charge is -2.03. The largest absolute Gasteiger partial charge is 0.301 e. The zero-order chi connectivity index (χ0) is 8.27. The smallest absolute Gasteiger partial charge is 0.205 e. The van der Waals surface area contributed by atoms with Crippen molar-refractivity contribution in [1.82, 2.24) is 0 Å². The van der Waals surface area contributed by atoms with Gasteiger partial charge in [-0.3, -0.25) is 0 Å². The molecule has 1 atom stereocenters. The van der Waals surface area contributed by atoms with Crippen molar-refractivity contribution in [1.29, 1.82) is 5.26 Å². The van der Waals surface area contributed by atoms with Gasteiger partial charge >= 0.3 is 0 Å². The molecule has 0 amide bonds. The monoisotopic (exact) mass is 170 g/mol. The highest BCUT2D eigenvalue weighted by atomic mass is 32.2. The van der Waals surface area contributed by atoms with Crippen molar-refractivity contribution in [3.8, 4) is 6.07 Å². The minimum absolute atomic E-state index is 0.0906. The maximum atomic E-state index is 10.4. The van der Waals surface area contributed by atoms with Gasteiger partial charge in [-0.05, 0) is 12.5 Å². The van der Waals surface area contributed by atoms with E-state index in [0.717, 1.165) is 0 Å². The summed E-state index contributed by atoms with van der Waals surface area (Å²) in [6.45, 7) is 0. The van der Waals surface area contributed by atoms with Crippen molar-refractivity contribution >= 4 is 16.8 Å². The normalized spacial score (nSPS) is 19.6. The van der Waals surface area contributed by atoms with Crippen LogP contribution < -0.4 is 0 Å². The van der Waals surface area contributed by atoms with Gasteiger partial charge in [0.05, 0.1) is 0 Å². The Bertz CT molecular complexity index is 287. The van der Waals surface area contributed by atoms with Gasteiger partial charge in [-0.15, -0.1) is 0 Å². The summed E-state index contributed by atoms with van der Waals surface area (Å²) in [6.07, 6.45) is 2.75. The number of nitriles is 1. The highest BCUT2D eigenvalue weighted by Gasteiger charge is 2.09. The van der Waals surface area contributed by atoms with Crippen LogP contribution in [0, 0.1) is 11.3 Å². The molecule has 11 heavy (non-hydrogen) atoms. The Kier molecular flexibility index (Phi) is 2.52. The van der Waals surface area contributed by atoms with Gasteiger partial charge in [0.25, 0.3) is 0 Å². The van der Waals surface area contributed by atoms with Crippen LogP contribution in [0.2, 0.25) is 0 Å². The van der Waals surface area contributed by atoms with Crippen molar-refractivity contribution in [2.24, 2.45) is 4.99 Å². The molecule has 0 saturated carbocycles. The Morgan fingerprint density at radius 1 is 1.82 bits per heavy atom. The molecule has 5 heteroatoms. The van der Waals surface area contributed by atoms with E-state index in [1.165, 1.54) is 0 Å². The minimum atomic E-state index is -2.05. The Hall–Kier alpha value is -0.990. The fourth-order valence-electron chi connectivity index (χ4n) is 0.758. The molecule has 4 nitrogen and oxygen atoms in total. The van der Waals surface area contributed by atoms with Crippen molar-refractivity contribution in [2.45, 2.75) is 12.8 Å². The van der Waals surface area contributed by atoms with E-state index in [1.807, 2.05) is 6.07 Å². The molecule has 1 aliphatic rings. The lowest BCUT2D eigenvalue weighted by molar-refractivity contribution is 0.570. The van der Waals surface area contributed by atoms with Crippen molar-refractivity contribution in [3.05, 3.63) is 11.1 Å². The number of nitrogens with zero attached hydrogens (tertiary/aromatic N) is 2. The van der Waals surface area contributed by atoms with Crippen LogP contribution in [0.4, 0.5) is 0 Å². The van der Waals surface area contributed by atoms with Crippen molar-refractivity contribution in [3.63, 3.8) is 0 Å². The second-order valence-electron chi connectivity index (χ2n) is 2.00. The second kappa shape index (κ2) is 3.42. The third kappa shape index (κ3) is 1.97. The van der Waals surface area contributed by atoms with Crippen LogP contribution in [-0.2, 0) is 11.1 Å². The van der Waals surface area contributed by atoms with Crippen LogP contribution in [0.3, 0.4) is 0 Å². The molecule has 0 fully saturated rings. The Morgan fingerprint density at radius 3 is 3.09 bits per heavy atom. The molecule has 0 aliphatic carbocycles. The number of allylic oxidation sites excluding steroid dienone is 1. The Labute approximate surface area is 66.5 Å². The summed E-state index contributed by atoms with van der Waals surface area (Å²) in [5, 5.41) is 8.49. The van der Waals surface area contributed by atoms with Gasteiger partial charge in [-0.1, -0.05) is 0 Å². The lowest BCUT2D eigenvalue weighted by Crippen LogP contribution is -2.02. The summed E-state index contributed by atoms with van der Waals surface area (Å²) in [4.78, 5) is 3.67. The highest BCUT2D eigenvalue weighted by Crippen LogP contribution is 2.12. The topological polar surface area (TPSA) is 73.5 Å². The van der Waals surface area contributed by atoms with E-state index in [9.17, 15) is 4.21 Å². The molecular formula is C6H6N2O2S. The Balaban J connectivity index is 2.87. The zero-order valence-electron chi connectivity index (χ0n) is 5.65. The molecule has 0 aromatic rings. The van der Waals surface area contributed by atoms with Gasteiger partial charge < -0.3 is 4.55 Å². The Morgan fingerprint density at radius 2 is 2.55 bits per heavy atom.